The molecule has 0 aliphatic rings. The highest BCUT2D eigenvalue weighted by molar-refractivity contribution is 6.33. The number of amides is 2. The molecule has 2 N–H and O–H groups in total. The van der Waals surface area contributed by atoms with Crippen molar-refractivity contribution in [2.24, 2.45) is 10.2 Å². The molecule has 0 fully saturated rings. The van der Waals surface area contributed by atoms with Crippen molar-refractivity contribution < 1.29 is 9.59 Å². The number of halogens is 2. The molecular weight excluding hydrogens is 447 g/mol. The quantitative estimate of drug-likeness (QED) is 0.221. The van der Waals surface area contributed by atoms with Crippen LogP contribution in [0.15, 0.2) is 58.7 Å². The van der Waals surface area contributed by atoms with Crippen molar-refractivity contribution in [3.05, 3.63) is 69.7 Å². The minimum absolute atomic E-state index is 0.109. The fraction of sp³-hybridized carbons (Fsp3) is 0.333. The van der Waals surface area contributed by atoms with Gasteiger partial charge in [0.15, 0.2) is 0 Å². The largest absolute Gasteiger partial charge is 0.273 e. The summed E-state index contributed by atoms with van der Waals surface area (Å²) in [6.45, 7) is 0. The van der Waals surface area contributed by atoms with Gasteiger partial charge in [-0.15, -0.1) is 0 Å². The average Bonchev–Trinajstić information content (AvgIpc) is 2.78. The summed E-state index contributed by atoms with van der Waals surface area (Å²) < 4.78 is 0. The molecule has 0 spiro atoms. The monoisotopic (exact) mass is 474 g/mol. The molecular formula is C24H28Cl2N4O2. The lowest BCUT2D eigenvalue weighted by Crippen LogP contribution is -2.17. The maximum absolute atomic E-state index is 11.8. The van der Waals surface area contributed by atoms with Gasteiger partial charge < -0.3 is 0 Å². The van der Waals surface area contributed by atoms with Crippen molar-refractivity contribution in [3.63, 3.8) is 0 Å². The summed E-state index contributed by atoms with van der Waals surface area (Å²) in [6, 6.07) is 14.6. The number of unbranched alkanes of at least 4 members (excludes halogenated alkanes) is 5. The molecule has 170 valence electrons. The molecule has 0 aliphatic carbocycles. The summed E-state index contributed by atoms with van der Waals surface area (Å²) in [5.41, 5.74) is 6.56. The zero-order chi connectivity index (χ0) is 23.0. The van der Waals surface area contributed by atoms with E-state index in [1.165, 1.54) is 0 Å². The van der Waals surface area contributed by atoms with E-state index in [2.05, 4.69) is 21.1 Å². The molecule has 0 bridgehead atoms. The predicted octanol–water partition coefficient (Wildman–Crippen LogP) is 5.71. The Kier molecular flexibility index (Phi) is 12.1. The first kappa shape index (κ1) is 25.6. The first-order valence-corrected chi connectivity index (χ1v) is 11.4. The van der Waals surface area contributed by atoms with Crippen molar-refractivity contribution in [1.82, 2.24) is 10.9 Å². The van der Waals surface area contributed by atoms with Gasteiger partial charge >= 0.3 is 0 Å². The Morgan fingerprint density at radius 2 is 1.03 bits per heavy atom. The van der Waals surface area contributed by atoms with E-state index in [0.29, 0.717) is 22.9 Å². The first-order chi connectivity index (χ1) is 15.6. The summed E-state index contributed by atoms with van der Waals surface area (Å²) in [5, 5.41) is 9.06. The van der Waals surface area contributed by atoms with E-state index in [-0.39, 0.29) is 11.8 Å². The smallest absolute Gasteiger partial charge is 0.240 e. The van der Waals surface area contributed by atoms with Crippen LogP contribution in [-0.4, -0.2) is 24.2 Å². The Morgan fingerprint density at radius 1 is 0.656 bits per heavy atom. The average molecular weight is 475 g/mol. The highest BCUT2D eigenvalue weighted by atomic mass is 35.5. The van der Waals surface area contributed by atoms with Gasteiger partial charge in [0, 0.05) is 34.0 Å². The number of carbonyl (C=O) groups is 2. The number of hydrazone groups is 2. The van der Waals surface area contributed by atoms with Gasteiger partial charge in [0.1, 0.15) is 0 Å². The lowest BCUT2D eigenvalue weighted by Gasteiger charge is -2.03. The van der Waals surface area contributed by atoms with Crippen molar-refractivity contribution in [3.8, 4) is 0 Å². The zero-order valence-electron chi connectivity index (χ0n) is 17.9. The highest BCUT2D eigenvalue weighted by Gasteiger charge is 2.02. The van der Waals surface area contributed by atoms with Crippen molar-refractivity contribution in [2.45, 2.75) is 51.4 Å². The second kappa shape index (κ2) is 15.2. The Hall–Kier alpha value is -2.70. The number of hydrogen-bond acceptors (Lipinski definition) is 4. The van der Waals surface area contributed by atoms with Crippen LogP contribution in [0.4, 0.5) is 0 Å². The second-order valence-electron chi connectivity index (χ2n) is 7.25. The molecule has 2 aromatic rings. The highest BCUT2D eigenvalue weighted by Crippen LogP contribution is 2.13. The Bertz CT molecular complexity index is 856. The number of rotatable bonds is 13. The minimum atomic E-state index is -0.109. The third kappa shape index (κ3) is 10.6. The third-order valence-corrected chi connectivity index (χ3v) is 5.34. The van der Waals surface area contributed by atoms with Gasteiger partial charge in [0.25, 0.3) is 0 Å². The molecule has 2 aromatic carbocycles. The standard InChI is InChI=1S/C24H28Cl2N4O2/c25-21-13-9-7-11-19(21)17-27-29-23(31)15-5-3-1-2-4-6-16-24(32)30-28-18-20-12-8-10-14-22(20)26/h7-14,17-18H,1-6,15-16H2,(H,29,31)(H,30,32). The Balaban J connectivity index is 1.45. The fourth-order valence-corrected chi connectivity index (χ4v) is 3.27. The van der Waals surface area contributed by atoms with E-state index in [1.807, 2.05) is 36.4 Å². The molecule has 0 aromatic heterocycles. The van der Waals surface area contributed by atoms with Gasteiger partial charge in [-0.1, -0.05) is 85.3 Å². The van der Waals surface area contributed by atoms with Gasteiger partial charge in [0.2, 0.25) is 11.8 Å². The van der Waals surface area contributed by atoms with Crippen LogP contribution in [0, 0.1) is 0 Å². The van der Waals surface area contributed by atoms with Crippen LogP contribution in [0.5, 0.6) is 0 Å². The van der Waals surface area contributed by atoms with Crippen LogP contribution < -0.4 is 10.9 Å². The molecule has 0 atom stereocenters. The number of hydrogen-bond donors (Lipinski definition) is 2. The van der Waals surface area contributed by atoms with E-state index in [0.717, 1.165) is 49.7 Å². The zero-order valence-corrected chi connectivity index (χ0v) is 19.4. The molecule has 0 aliphatic heterocycles. The van der Waals surface area contributed by atoms with Crippen molar-refractivity contribution >= 4 is 47.4 Å². The van der Waals surface area contributed by atoms with Gasteiger partial charge in [-0.25, -0.2) is 10.9 Å². The summed E-state index contributed by atoms with van der Waals surface area (Å²) in [5.74, 6) is -0.218. The van der Waals surface area contributed by atoms with Crippen molar-refractivity contribution in [1.29, 1.82) is 0 Å². The van der Waals surface area contributed by atoms with E-state index in [1.54, 1.807) is 24.6 Å². The molecule has 6 nitrogen and oxygen atoms in total. The molecule has 0 unspecified atom stereocenters. The summed E-state index contributed by atoms with van der Waals surface area (Å²) in [7, 11) is 0. The maximum atomic E-state index is 11.8. The van der Waals surface area contributed by atoms with Crippen LogP contribution >= 0.6 is 23.2 Å². The van der Waals surface area contributed by atoms with Crippen LogP contribution in [0.3, 0.4) is 0 Å². The molecule has 0 saturated heterocycles. The number of nitrogens with one attached hydrogen (secondary N) is 2. The van der Waals surface area contributed by atoms with Crippen LogP contribution in [-0.2, 0) is 9.59 Å². The molecule has 0 radical (unpaired) electrons. The summed E-state index contributed by atoms with van der Waals surface area (Å²) in [6.07, 6.45) is 9.57. The predicted molar refractivity (Wildman–Crippen MR) is 131 cm³/mol. The van der Waals surface area contributed by atoms with Crippen LogP contribution in [0.2, 0.25) is 10.0 Å². The fourth-order valence-electron chi connectivity index (χ4n) is 2.90. The number of nitrogens with zero attached hydrogens (tertiary/aromatic N) is 2. The van der Waals surface area contributed by atoms with Gasteiger partial charge in [0.05, 0.1) is 12.4 Å². The summed E-state index contributed by atoms with van der Waals surface area (Å²) in [4.78, 5) is 23.6. The number of carbonyl (C=O) groups excluding carboxylic acids is 2. The normalized spacial score (nSPS) is 11.2. The maximum Gasteiger partial charge on any atom is 0.240 e. The van der Waals surface area contributed by atoms with E-state index in [4.69, 9.17) is 23.2 Å². The topological polar surface area (TPSA) is 82.9 Å². The minimum Gasteiger partial charge on any atom is -0.273 e. The van der Waals surface area contributed by atoms with Crippen molar-refractivity contribution in [2.75, 3.05) is 0 Å². The molecule has 2 amide bonds. The molecule has 2 rings (SSSR count). The molecule has 8 heteroatoms. The lowest BCUT2D eigenvalue weighted by atomic mass is 10.1. The summed E-state index contributed by atoms with van der Waals surface area (Å²) >= 11 is 12.1. The van der Waals surface area contributed by atoms with Crippen LogP contribution in [0.1, 0.15) is 62.5 Å². The van der Waals surface area contributed by atoms with E-state index < -0.39 is 0 Å². The van der Waals surface area contributed by atoms with E-state index >= 15 is 0 Å². The number of benzene rings is 2. The van der Waals surface area contributed by atoms with Gasteiger partial charge in [-0.05, 0) is 25.0 Å². The molecule has 0 saturated carbocycles. The van der Waals surface area contributed by atoms with E-state index in [9.17, 15) is 9.59 Å². The van der Waals surface area contributed by atoms with Gasteiger partial charge in [-0.3, -0.25) is 9.59 Å². The third-order valence-electron chi connectivity index (χ3n) is 4.65. The second-order valence-corrected chi connectivity index (χ2v) is 8.07. The lowest BCUT2D eigenvalue weighted by molar-refractivity contribution is -0.122. The van der Waals surface area contributed by atoms with Crippen LogP contribution in [0.25, 0.3) is 0 Å². The van der Waals surface area contributed by atoms with Gasteiger partial charge in [-0.2, -0.15) is 10.2 Å². The molecule has 32 heavy (non-hydrogen) atoms. The first-order valence-electron chi connectivity index (χ1n) is 10.7. The molecule has 0 heterocycles. The SMILES string of the molecule is O=C(CCCCCCCCC(=O)NN=Cc1ccccc1Cl)NN=Cc1ccccc1Cl. The Labute approximate surface area is 199 Å². The Morgan fingerprint density at radius 3 is 1.44 bits per heavy atom.